The first-order valence-corrected chi connectivity index (χ1v) is 7.50. The number of thiocarbonyl (C=S) groups is 1. The van der Waals surface area contributed by atoms with Gasteiger partial charge in [0.15, 0.2) is 5.11 Å². The number of nitrogens with two attached hydrogens (primary N) is 1. The summed E-state index contributed by atoms with van der Waals surface area (Å²) in [6, 6.07) is 11.8. The first-order chi connectivity index (χ1) is 10.5. The van der Waals surface area contributed by atoms with E-state index in [0.717, 1.165) is 15.6 Å². The summed E-state index contributed by atoms with van der Waals surface area (Å²) in [5, 5.41) is 3.97. The molecule has 0 atom stereocenters. The van der Waals surface area contributed by atoms with E-state index in [-0.39, 0.29) is 17.5 Å². The first kappa shape index (κ1) is 16.4. The van der Waals surface area contributed by atoms with Crippen molar-refractivity contribution in [3.63, 3.8) is 0 Å². The van der Waals surface area contributed by atoms with Crippen LogP contribution in [0.3, 0.4) is 0 Å². The van der Waals surface area contributed by atoms with Crippen molar-refractivity contribution < 1.29 is 9.13 Å². The quantitative estimate of drug-likeness (QED) is 0.473. The van der Waals surface area contributed by atoms with Crippen LogP contribution in [0.15, 0.2) is 52.0 Å². The molecule has 2 rings (SSSR count). The number of hydrazone groups is 1. The molecule has 7 heteroatoms. The number of hydrogen-bond donors (Lipinski definition) is 2. The monoisotopic (exact) mass is 381 g/mol. The highest BCUT2D eigenvalue weighted by Gasteiger charge is 2.03. The molecule has 22 heavy (non-hydrogen) atoms. The molecule has 0 saturated heterocycles. The Bertz CT molecular complexity index is 709. The Kier molecular flexibility index (Phi) is 5.85. The lowest BCUT2D eigenvalue weighted by Crippen LogP contribution is -2.23. The van der Waals surface area contributed by atoms with Crippen molar-refractivity contribution in [2.45, 2.75) is 6.61 Å². The summed E-state index contributed by atoms with van der Waals surface area (Å²) in [6.45, 7) is 0.254. The molecular formula is C15H13BrFN3OS. The molecular weight excluding hydrogens is 369 g/mol. The summed E-state index contributed by atoms with van der Waals surface area (Å²) in [7, 11) is 0. The fraction of sp³-hybridized carbons (Fsp3) is 0.0667. The van der Waals surface area contributed by atoms with Crippen molar-refractivity contribution in [3.05, 3.63) is 63.9 Å². The molecule has 114 valence electrons. The van der Waals surface area contributed by atoms with Gasteiger partial charge in [-0.2, -0.15) is 5.10 Å². The molecule has 0 radical (unpaired) electrons. The predicted octanol–water partition coefficient (Wildman–Crippen LogP) is 3.33. The summed E-state index contributed by atoms with van der Waals surface area (Å²) in [5.74, 6) is 0.349. The third-order valence-corrected chi connectivity index (χ3v) is 3.51. The number of nitrogens with one attached hydrogen (secondary N) is 1. The first-order valence-electron chi connectivity index (χ1n) is 6.30. The summed E-state index contributed by atoms with van der Waals surface area (Å²) in [5.41, 5.74) is 9.30. The average molecular weight is 382 g/mol. The number of nitrogens with zero attached hydrogens (tertiary/aromatic N) is 1. The zero-order chi connectivity index (χ0) is 15.9. The minimum atomic E-state index is -0.300. The minimum absolute atomic E-state index is 0.0969. The third-order valence-electron chi connectivity index (χ3n) is 2.65. The van der Waals surface area contributed by atoms with Gasteiger partial charge in [-0.15, -0.1) is 0 Å². The predicted molar refractivity (Wildman–Crippen MR) is 92.4 cm³/mol. The van der Waals surface area contributed by atoms with Crippen molar-refractivity contribution in [1.82, 2.24) is 5.43 Å². The molecule has 0 bridgehead atoms. The van der Waals surface area contributed by atoms with Crippen molar-refractivity contribution in [3.8, 4) is 5.75 Å². The third kappa shape index (κ3) is 5.09. The average Bonchev–Trinajstić information content (AvgIpc) is 2.48. The fourth-order valence-electron chi connectivity index (χ4n) is 1.67. The van der Waals surface area contributed by atoms with E-state index in [4.69, 9.17) is 10.5 Å². The largest absolute Gasteiger partial charge is 0.489 e. The van der Waals surface area contributed by atoms with Gasteiger partial charge in [-0.3, -0.25) is 5.43 Å². The van der Waals surface area contributed by atoms with Crippen LogP contribution in [-0.4, -0.2) is 11.3 Å². The summed E-state index contributed by atoms with van der Waals surface area (Å²) < 4.78 is 19.7. The maximum atomic E-state index is 13.2. The van der Waals surface area contributed by atoms with E-state index >= 15 is 0 Å². The van der Waals surface area contributed by atoms with Gasteiger partial charge in [0.25, 0.3) is 0 Å². The van der Waals surface area contributed by atoms with E-state index in [1.807, 2.05) is 18.2 Å². The van der Waals surface area contributed by atoms with E-state index in [2.05, 4.69) is 38.7 Å². The van der Waals surface area contributed by atoms with Gasteiger partial charge in [-0.05, 0) is 48.1 Å². The van der Waals surface area contributed by atoms with Crippen LogP contribution >= 0.6 is 28.1 Å². The van der Waals surface area contributed by atoms with Crippen LogP contribution in [0.4, 0.5) is 4.39 Å². The number of benzene rings is 2. The molecule has 0 heterocycles. The molecule has 0 saturated carbocycles. The van der Waals surface area contributed by atoms with Gasteiger partial charge in [0.05, 0.1) is 6.21 Å². The normalized spacial score (nSPS) is 10.6. The number of rotatable bonds is 5. The highest BCUT2D eigenvalue weighted by molar-refractivity contribution is 9.10. The van der Waals surface area contributed by atoms with Gasteiger partial charge in [0.1, 0.15) is 18.2 Å². The van der Waals surface area contributed by atoms with Crippen LogP contribution in [0.25, 0.3) is 0 Å². The highest BCUT2D eigenvalue weighted by Crippen LogP contribution is 2.20. The number of halogens is 2. The zero-order valence-corrected chi connectivity index (χ0v) is 13.8. The molecule has 2 aromatic carbocycles. The zero-order valence-electron chi connectivity index (χ0n) is 11.4. The molecule has 3 N–H and O–H groups in total. The molecule has 0 aromatic heterocycles. The van der Waals surface area contributed by atoms with Gasteiger partial charge in [-0.25, -0.2) is 4.39 Å². The molecule has 4 nitrogen and oxygen atoms in total. The van der Waals surface area contributed by atoms with Gasteiger partial charge >= 0.3 is 0 Å². The molecule has 0 aliphatic heterocycles. The van der Waals surface area contributed by atoms with Crippen molar-refractivity contribution in [2.75, 3.05) is 0 Å². The number of ether oxygens (including phenoxy) is 1. The van der Waals surface area contributed by atoms with E-state index in [0.29, 0.717) is 5.75 Å². The van der Waals surface area contributed by atoms with Gasteiger partial charge in [-0.1, -0.05) is 28.1 Å². The van der Waals surface area contributed by atoms with Crippen molar-refractivity contribution >= 4 is 39.5 Å². The highest BCUT2D eigenvalue weighted by atomic mass is 79.9. The molecule has 2 aromatic rings. The maximum Gasteiger partial charge on any atom is 0.184 e. The van der Waals surface area contributed by atoms with E-state index in [1.165, 1.54) is 12.1 Å². The molecule has 0 fully saturated rings. The van der Waals surface area contributed by atoms with Gasteiger partial charge in [0, 0.05) is 10.0 Å². The molecule has 0 unspecified atom stereocenters. The molecule has 0 aliphatic carbocycles. The fourth-order valence-corrected chi connectivity index (χ4v) is 2.08. The second-order valence-corrected chi connectivity index (χ2v) is 5.63. The van der Waals surface area contributed by atoms with Crippen molar-refractivity contribution in [1.29, 1.82) is 0 Å². The van der Waals surface area contributed by atoms with E-state index < -0.39 is 0 Å². The van der Waals surface area contributed by atoms with E-state index in [1.54, 1.807) is 18.3 Å². The van der Waals surface area contributed by atoms with Gasteiger partial charge < -0.3 is 10.5 Å². The molecule has 0 spiro atoms. The number of hydrogen-bond acceptors (Lipinski definition) is 3. The smallest absolute Gasteiger partial charge is 0.184 e. The second-order valence-electron chi connectivity index (χ2n) is 4.33. The Morgan fingerprint density at radius 1 is 1.36 bits per heavy atom. The topological polar surface area (TPSA) is 59.6 Å². The SMILES string of the molecule is NC(=S)NN=Cc1cccc(OCc2cc(F)ccc2Br)c1. The second kappa shape index (κ2) is 7.86. The molecule has 0 aliphatic rings. The summed E-state index contributed by atoms with van der Waals surface area (Å²) >= 11 is 8.01. The van der Waals surface area contributed by atoms with E-state index in [9.17, 15) is 4.39 Å². The molecule has 0 amide bonds. The lowest BCUT2D eigenvalue weighted by molar-refractivity contribution is 0.305. The Morgan fingerprint density at radius 2 is 2.18 bits per heavy atom. The lowest BCUT2D eigenvalue weighted by atomic mass is 10.2. The van der Waals surface area contributed by atoms with Crippen LogP contribution in [0.1, 0.15) is 11.1 Å². The Hall–Kier alpha value is -1.99. The van der Waals surface area contributed by atoms with Crippen LogP contribution in [0, 0.1) is 5.82 Å². The van der Waals surface area contributed by atoms with Crippen LogP contribution in [-0.2, 0) is 6.61 Å². The maximum absolute atomic E-state index is 13.2. The summed E-state index contributed by atoms with van der Waals surface area (Å²) in [4.78, 5) is 0. The van der Waals surface area contributed by atoms with Crippen LogP contribution in [0.2, 0.25) is 0 Å². The Morgan fingerprint density at radius 3 is 2.95 bits per heavy atom. The lowest BCUT2D eigenvalue weighted by Gasteiger charge is -2.08. The van der Waals surface area contributed by atoms with Gasteiger partial charge in [0.2, 0.25) is 0 Å². The van der Waals surface area contributed by atoms with Crippen LogP contribution in [0.5, 0.6) is 5.75 Å². The van der Waals surface area contributed by atoms with Crippen LogP contribution < -0.4 is 15.9 Å². The summed E-state index contributed by atoms with van der Waals surface area (Å²) in [6.07, 6.45) is 1.57. The Balaban J connectivity index is 2.02. The Labute approximate surface area is 141 Å². The van der Waals surface area contributed by atoms with Crippen molar-refractivity contribution in [2.24, 2.45) is 10.8 Å². The standard InChI is InChI=1S/C15H13BrFN3OS/c16-14-5-4-12(17)7-11(14)9-21-13-3-1-2-10(6-13)8-19-20-15(18)22/h1-8H,9H2,(H3,18,20,22). The minimum Gasteiger partial charge on any atom is -0.489 e.